The fraction of sp³-hybridized carbons (Fsp3) is 0.400. The second-order valence-electron chi connectivity index (χ2n) is 9.68. The van der Waals surface area contributed by atoms with Crippen molar-refractivity contribution in [3.8, 4) is 5.75 Å². The molecule has 3 atom stereocenters. The van der Waals surface area contributed by atoms with Crippen molar-refractivity contribution in [1.29, 1.82) is 0 Å². The predicted octanol–water partition coefficient (Wildman–Crippen LogP) is 4.45. The molecule has 1 aliphatic rings. The second-order valence-corrected chi connectivity index (χ2v) is 10.6. The number of amides is 1. The largest absolute Gasteiger partial charge is 0.496 e. The molecule has 178 valence electrons. The first-order chi connectivity index (χ1) is 16.1. The highest BCUT2D eigenvalue weighted by atomic mass is 32.1. The van der Waals surface area contributed by atoms with E-state index in [1.807, 2.05) is 11.4 Å². The lowest BCUT2D eigenvalue weighted by Crippen LogP contribution is -2.51. The van der Waals surface area contributed by atoms with Crippen LogP contribution >= 0.6 is 11.3 Å². The van der Waals surface area contributed by atoms with E-state index >= 15 is 0 Å². The van der Waals surface area contributed by atoms with Crippen molar-refractivity contribution in [2.24, 2.45) is 0 Å². The molecule has 1 fully saturated rings. The zero-order valence-electron chi connectivity index (χ0n) is 19.8. The summed E-state index contributed by atoms with van der Waals surface area (Å²) in [5, 5.41) is 12.8. The zero-order valence-corrected chi connectivity index (χ0v) is 20.7. The minimum Gasteiger partial charge on any atom is -0.496 e. The van der Waals surface area contributed by atoms with Gasteiger partial charge in [0, 0.05) is 41.6 Å². The molecule has 0 spiro atoms. The highest BCUT2D eigenvalue weighted by Crippen LogP contribution is 2.52. The number of thiazole rings is 1. The quantitative estimate of drug-likeness (QED) is 0.575. The maximum atomic E-state index is 14.0. The minimum absolute atomic E-state index is 0.184. The van der Waals surface area contributed by atoms with Crippen molar-refractivity contribution >= 4 is 23.2 Å². The zero-order chi connectivity index (χ0) is 24.7. The lowest BCUT2D eigenvalue weighted by atomic mass is 9.85. The Kier molecular flexibility index (Phi) is 6.16. The lowest BCUT2D eigenvalue weighted by molar-refractivity contribution is -0.147. The number of carbonyl (C=O) groups excluding carboxylic acids is 1. The molecule has 9 heteroatoms. The van der Waals surface area contributed by atoms with Crippen LogP contribution < -0.4 is 4.74 Å². The molecular weight excluding hydrogens is 452 g/mol. The van der Waals surface area contributed by atoms with Gasteiger partial charge < -0.3 is 14.7 Å². The Morgan fingerprint density at radius 1 is 1.21 bits per heavy atom. The number of methoxy groups -OCH3 is 1. The second kappa shape index (κ2) is 8.79. The van der Waals surface area contributed by atoms with Crippen LogP contribution in [0.15, 0.2) is 48.4 Å². The van der Waals surface area contributed by atoms with Crippen LogP contribution in [0.1, 0.15) is 72.7 Å². The molecule has 1 amide bonds. The third-order valence-electron chi connectivity index (χ3n) is 6.41. The fourth-order valence-electron chi connectivity index (χ4n) is 4.68. The van der Waals surface area contributed by atoms with E-state index < -0.39 is 23.5 Å². The van der Waals surface area contributed by atoms with Crippen molar-refractivity contribution in [2.75, 3.05) is 7.11 Å². The van der Waals surface area contributed by atoms with E-state index in [0.717, 1.165) is 5.56 Å². The Labute approximate surface area is 202 Å². The van der Waals surface area contributed by atoms with Gasteiger partial charge in [0.1, 0.15) is 16.3 Å². The summed E-state index contributed by atoms with van der Waals surface area (Å²) in [6.07, 6.45) is 6.62. The summed E-state index contributed by atoms with van der Waals surface area (Å²) in [6, 6.07) is 4.71. The third kappa shape index (κ3) is 4.04. The van der Waals surface area contributed by atoms with Crippen LogP contribution in [0.25, 0.3) is 0 Å². The summed E-state index contributed by atoms with van der Waals surface area (Å²) in [6.45, 7) is 7.79. The predicted molar refractivity (Wildman–Crippen MR) is 128 cm³/mol. The molecule has 3 aromatic rings. The molecular formula is C25H28N4O4S. The Hall–Kier alpha value is -3.33. The topological polar surface area (TPSA) is 106 Å². The molecule has 0 aliphatic carbocycles. The normalized spacial score (nSPS) is 22.6. The number of benzene rings is 1. The first-order valence-electron chi connectivity index (χ1n) is 11.0. The molecule has 1 saturated heterocycles. The number of ether oxygens (including phenoxy) is 1. The van der Waals surface area contributed by atoms with Gasteiger partial charge in [0.15, 0.2) is 0 Å². The smallest absolute Gasteiger partial charge is 0.329 e. The number of hydrogen-bond acceptors (Lipinski definition) is 7. The lowest BCUT2D eigenvalue weighted by Gasteiger charge is -2.35. The van der Waals surface area contributed by atoms with Gasteiger partial charge in [-0.3, -0.25) is 14.8 Å². The molecule has 1 aliphatic heterocycles. The van der Waals surface area contributed by atoms with Crippen LogP contribution in [0.2, 0.25) is 0 Å². The van der Waals surface area contributed by atoms with Crippen molar-refractivity contribution < 1.29 is 19.4 Å². The van der Waals surface area contributed by atoms with Crippen LogP contribution in [0.5, 0.6) is 5.75 Å². The Morgan fingerprint density at radius 2 is 1.97 bits per heavy atom. The number of aromatic nitrogens is 3. The van der Waals surface area contributed by atoms with Crippen LogP contribution in [-0.4, -0.2) is 49.5 Å². The Balaban J connectivity index is 1.86. The van der Waals surface area contributed by atoms with Gasteiger partial charge in [-0.2, -0.15) is 0 Å². The molecule has 0 unspecified atom stereocenters. The van der Waals surface area contributed by atoms with Crippen molar-refractivity contribution in [1.82, 2.24) is 19.9 Å². The number of carboxylic acids is 1. The molecule has 0 saturated carbocycles. The van der Waals surface area contributed by atoms with Crippen LogP contribution in [0.3, 0.4) is 0 Å². The minimum atomic E-state index is -1.47. The summed E-state index contributed by atoms with van der Waals surface area (Å²) >= 11 is 1.39. The van der Waals surface area contributed by atoms with Gasteiger partial charge in [-0.25, -0.2) is 9.78 Å². The molecule has 4 rings (SSSR count). The van der Waals surface area contributed by atoms with Gasteiger partial charge in [0.2, 0.25) is 0 Å². The molecule has 34 heavy (non-hydrogen) atoms. The van der Waals surface area contributed by atoms with Crippen LogP contribution in [0, 0.1) is 0 Å². The summed E-state index contributed by atoms with van der Waals surface area (Å²) in [7, 11) is 1.57. The highest BCUT2D eigenvalue weighted by molar-refractivity contribution is 7.09. The number of hydrogen-bond donors (Lipinski definition) is 1. The third-order valence-corrected chi connectivity index (χ3v) is 7.26. The van der Waals surface area contributed by atoms with E-state index in [0.29, 0.717) is 22.0 Å². The first-order valence-corrected chi connectivity index (χ1v) is 11.9. The molecule has 8 nitrogen and oxygen atoms in total. The number of rotatable bonds is 5. The number of aliphatic carboxylic acids is 1. The Bertz CT molecular complexity index is 1190. The monoisotopic (exact) mass is 480 g/mol. The molecule has 1 aromatic carbocycles. The molecule has 2 aromatic heterocycles. The maximum Gasteiger partial charge on any atom is 0.329 e. The van der Waals surface area contributed by atoms with Crippen molar-refractivity contribution in [3.63, 3.8) is 0 Å². The highest BCUT2D eigenvalue weighted by Gasteiger charge is 2.57. The van der Waals surface area contributed by atoms with Crippen molar-refractivity contribution in [3.05, 3.63) is 70.2 Å². The van der Waals surface area contributed by atoms with Gasteiger partial charge in [-0.1, -0.05) is 26.8 Å². The van der Waals surface area contributed by atoms with E-state index in [1.165, 1.54) is 16.2 Å². The van der Waals surface area contributed by atoms with Crippen LogP contribution in [-0.2, 0) is 10.2 Å². The average molecular weight is 481 g/mol. The molecule has 1 N–H and O–H groups in total. The van der Waals surface area contributed by atoms with Gasteiger partial charge in [-0.15, -0.1) is 11.3 Å². The number of carbonyl (C=O) groups is 2. The van der Waals surface area contributed by atoms with Crippen LogP contribution in [0.4, 0.5) is 0 Å². The summed E-state index contributed by atoms with van der Waals surface area (Å²) in [5.41, 5.74) is 0.301. The maximum absolute atomic E-state index is 14.0. The summed E-state index contributed by atoms with van der Waals surface area (Å²) in [4.78, 5) is 41.2. The summed E-state index contributed by atoms with van der Waals surface area (Å²) in [5.74, 6) is -1.26. The number of nitrogens with zero attached hydrogens (tertiary/aromatic N) is 4. The molecule has 3 heterocycles. The van der Waals surface area contributed by atoms with Gasteiger partial charge in [0.25, 0.3) is 5.91 Å². The Morgan fingerprint density at radius 3 is 2.53 bits per heavy atom. The van der Waals surface area contributed by atoms with Gasteiger partial charge >= 0.3 is 5.97 Å². The van der Waals surface area contributed by atoms with Gasteiger partial charge in [0.05, 0.1) is 18.8 Å². The average Bonchev–Trinajstić information content (AvgIpc) is 3.44. The van der Waals surface area contributed by atoms with Crippen molar-refractivity contribution in [2.45, 2.75) is 57.0 Å². The first kappa shape index (κ1) is 23.8. The number of likely N-dealkylation sites (tertiary alicyclic amines) is 1. The molecule has 0 bridgehead atoms. The van der Waals surface area contributed by atoms with E-state index in [1.54, 1.807) is 51.0 Å². The van der Waals surface area contributed by atoms with E-state index in [-0.39, 0.29) is 17.8 Å². The van der Waals surface area contributed by atoms with E-state index in [4.69, 9.17) is 4.74 Å². The van der Waals surface area contributed by atoms with E-state index in [9.17, 15) is 14.7 Å². The standard InChI is InChI=1S/C25H28N4O4S/c1-24(2,3)17-7-6-15(12-19(17)33-5)22(30)29-20(21-28-10-11-34-21)16(13-25(29,4)23(31)32)18-14-26-8-9-27-18/h6-12,14,16,20H,13H2,1-5H3,(H,31,32)/t16-,20-,25+/m1/s1. The molecule has 0 radical (unpaired) electrons. The fourth-order valence-corrected chi connectivity index (χ4v) is 5.47. The summed E-state index contributed by atoms with van der Waals surface area (Å²) < 4.78 is 5.60. The SMILES string of the molecule is COc1cc(C(=O)N2[C@@H](c3nccs3)[C@@H](c3cnccn3)C[C@@]2(C)C(=O)O)ccc1C(C)(C)C. The number of carboxylic acid groups (broad SMARTS) is 1. The van der Waals surface area contributed by atoms with Gasteiger partial charge in [-0.05, 0) is 36.5 Å². The van der Waals surface area contributed by atoms with E-state index in [2.05, 4.69) is 35.7 Å².